The Morgan fingerprint density at radius 3 is 2.48 bits per heavy atom. The second-order valence-corrected chi connectivity index (χ2v) is 5.12. The maximum atomic E-state index is 5.37. The summed E-state index contributed by atoms with van der Waals surface area (Å²) in [5.74, 6) is 1.03. The molecule has 1 atom stereocenters. The third kappa shape index (κ3) is 5.87. The van der Waals surface area contributed by atoms with Crippen LogP contribution < -0.4 is 14.8 Å². The first-order valence-corrected chi connectivity index (χ1v) is 7.95. The number of nitrogens with zero attached hydrogens (tertiary/aromatic N) is 2. The molecule has 0 spiro atoms. The van der Waals surface area contributed by atoms with Crippen LogP contribution in [-0.2, 0) is 0 Å². The fourth-order valence-corrected chi connectivity index (χ4v) is 2.39. The van der Waals surface area contributed by atoms with Crippen LogP contribution in [0.4, 0.5) is 0 Å². The van der Waals surface area contributed by atoms with Crippen LogP contribution in [0.5, 0.6) is 11.8 Å². The van der Waals surface area contributed by atoms with Crippen LogP contribution in [0.15, 0.2) is 6.20 Å². The lowest BCUT2D eigenvalue weighted by atomic mass is 10.0. The Morgan fingerprint density at radius 1 is 1.10 bits per heavy atom. The van der Waals surface area contributed by atoms with E-state index in [-0.39, 0.29) is 6.04 Å². The second kappa shape index (κ2) is 10.4. The van der Waals surface area contributed by atoms with Gasteiger partial charge in [0.05, 0.1) is 26.5 Å². The van der Waals surface area contributed by atoms with E-state index in [0.29, 0.717) is 11.8 Å². The molecule has 0 aliphatic rings. The molecule has 1 aromatic heterocycles. The molecule has 0 saturated carbocycles. The van der Waals surface area contributed by atoms with E-state index in [2.05, 4.69) is 29.1 Å². The smallest absolute Gasteiger partial charge is 0.240 e. The van der Waals surface area contributed by atoms with Gasteiger partial charge in [0.2, 0.25) is 11.8 Å². The zero-order valence-electron chi connectivity index (χ0n) is 13.8. The molecule has 21 heavy (non-hydrogen) atoms. The Balaban J connectivity index is 2.70. The Bertz CT molecular complexity index is 399. The van der Waals surface area contributed by atoms with E-state index in [1.807, 2.05) is 0 Å². The van der Waals surface area contributed by atoms with Crippen molar-refractivity contribution in [3.63, 3.8) is 0 Å². The van der Waals surface area contributed by atoms with E-state index in [9.17, 15) is 0 Å². The minimum absolute atomic E-state index is 0.185. The molecule has 0 bridgehead atoms. The second-order valence-electron chi connectivity index (χ2n) is 5.12. The predicted molar refractivity (Wildman–Crippen MR) is 84.9 cm³/mol. The number of hydrogen-bond donors (Lipinski definition) is 1. The first-order chi connectivity index (χ1) is 10.3. The molecule has 0 aliphatic carbocycles. The Labute approximate surface area is 128 Å². The topological polar surface area (TPSA) is 56.3 Å². The minimum Gasteiger partial charge on any atom is -0.480 e. The average Bonchev–Trinajstić information content (AvgIpc) is 2.53. The van der Waals surface area contributed by atoms with Crippen molar-refractivity contribution in [3.8, 4) is 11.8 Å². The number of ether oxygens (including phenoxy) is 2. The number of methoxy groups -OCH3 is 2. The normalized spacial score (nSPS) is 12.2. The van der Waals surface area contributed by atoms with E-state index in [4.69, 9.17) is 9.47 Å². The summed E-state index contributed by atoms with van der Waals surface area (Å²) >= 11 is 0. The molecule has 5 heteroatoms. The summed E-state index contributed by atoms with van der Waals surface area (Å²) in [4.78, 5) is 8.80. The molecular formula is C16H29N3O2. The molecule has 1 rings (SSSR count). The number of nitrogens with one attached hydrogen (secondary N) is 1. The number of unbranched alkanes of at least 4 members (excludes halogenated alkanes) is 4. The van der Waals surface area contributed by atoms with Crippen molar-refractivity contribution in [2.45, 2.75) is 58.4 Å². The van der Waals surface area contributed by atoms with Gasteiger partial charge in [0.1, 0.15) is 5.69 Å². The molecule has 1 unspecified atom stereocenters. The highest BCUT2D eigenvalue weighted by atomic mass is 16.5. The van der Waals surface area contributed by atoms with Gasteiger partial charge in [-0.15, -0.1) is 0 Å². The van der Waals surface area contributed by atoms with Gasteiger partial charge in [0.15, 0.2) is 0 Å². The summed E-state index contributed by atoms with van der Waals surface area (Å²) in [6.45, 7) is 5.24. The van der Waals surface area contributed by atoms with Crippen LogP contribution in [0.3, 0.4) is 0 Å². The maximum Gasteiger partial charge on any atom is 0.240 e. The van der Waals surface area contributed by atoms with Crippen LogP contribution in [-0.4, -0.2) is 30.7 Å². The predicted octanol–water partition coefficient (Wildman–Crippen LogP) is 3.50. The molecule has 1 N–H and O–H groups in total. The first-order valence-electron chi connectivity index (χ1n) is 7.95. The van der Waals surface area contributed by atoms with Crippen LogP contribution >= 0.6 is 0 Å². The molecule has 120 valence electrons. The van der Waals surface area contributed by atoms with Crippen molar-refractivity contribution in [1.82, 2.24) is 15.3 Å². The van der Waals surface area contributed by atoms with E-state index < -0.39 is 0 Å². The highest BCUT2D eigenvalue weighted by molar-refractivity contribution is 5.25. The zero-order valence-corrected chi connectivity index (χ0v) is 13.8. The van der Waals surface area contributed by atoms with Gasteiger partial charge < -0.3 is 14.8 Å². The van der Waals surface area contributed by atoms with Gasteiger partial charge in [0.25, 0.3) is 0 Å². The Morgan fingerprint density at radius 2 is 1.86 bits per heavy atom. The van der Waals surface area contributed by atoms with E-state index >= 15 is 0 Å². The van der Waals surface area contributed by atoms with Gasteiger partial charge in [-0.05, 0) is 13.0 Å². The van der Waals surface area contributed by atoms with Crippen molar-refractivity contribution in [3.05, 3.63) is 11.9 Å². The molecule has 0 aromatic carbocycles. The molecule has 1 heterocycles. The summed E-state index contributed by atoms with van der Waals surface area (Å²) in [5, 5.41) is 3.48. The summed E-state index contributed by atoms with van der Waals surface area (Å²) in [7, 11) is 3.20. The quantitative estimate of drug-likeness (QED) is 0.633. The first kappa shape index (κ1) is 17.7. The van der Waals surface area contributed by atoms with Crippen LogP contribution in [0.2, 0.25) is 0 Å². The molecule has 0 radical (unpaired) electrons. The van der Waals surface area contributed by atoms with Gasteiger partial charge in [-0.25, -0.2) is 4.98 Å². The third-order valence-corrected chi connectivity index (χ3v) is 3.52. The lowest BCUT2D eigenvalue weighted by molar-refractivity contribution is 0.346. The lowest BCUT2D eigenvalue weighted by Gasteiger charge is -2.19. The van der Waals surface area contributed by atoms with Crippen LogP contribution in [0.25, 0.3) is 0 Å². The number of aromatic nitrogens is 2. The van der Waals surface area contributed by atoms with Crippen molar-refractivity contribution in [1.29, 1.82) is 0 Å². The minimum atomic E-state index is 0.185. The molecule has 0 saturated heterocycles. The largest absolute Gasteiger partial charge is 0.480 e. The van der Waals surface area contributed by atoms with Gasteiger partial charge >= 0.3 is 0 Å². The zero-order chi connectivity index (χ0) is 15.5. The van der Waals surface area contributed by atoms with Crippen LogP contribution in [0.1, 0.15) is 64.1 Å². The number of rotatable bonds is 11. The number of hydrogen-bond acceptors (Lipinski definition) is 5. The summed E-state index contributed by atoms with van der Waals surface area (Å²) in [6, 6.07) is 0.185. The summed E-state index contributed by atoms with van der Waals surface area (Å²) in [6.07, 6.45) is 9.05. The average molecular weight is 295 g/mol. The summed E-state index contributed by atoms with van der Waals surface area (Å²) < 4.78 is 10.5. The Kier molecular flexibility index (Phi) is 8.74. The molecule has 5 nitrogen and oxygen atoms in total. The van der Waals surface area contributed by atoms with E-state index in [0.717, 1.165) is 18.7 Å². The molecule has 0 fully saturated rings. The molecule has 0 amide bonds. The fourth-order valence-electron chi connectivity index (χ4n) is 2.39. The van der Waals surface area contributed by atoms with Gasteiger partial charge in [-0.3, -0.25) is 0 Å². The fraction of sp³-hybridized carbons (Fsp3) is 0.750. The summed E-state index contributed by atoms with van der Waals surface area (Å²) in [5.41, 5.74) is 0.871. The van der Waals surface area contributed by atoms with Crippen molar-refractivity contribution in [2.75, 3.05) is 20.8 Å². The monoisotopic (exact) mass is 295 g/mol. The van der Waals surface area contributed by atoms with Gasteiger partial charge in [-0.2, -0.15) is 4.98 Å². The van der Waals surface area contributed by atoms with Crippen molar-refractivity contribution in [2.24, 2.45) is 0 Å². The standard InChI is InChI=1S/C16H29N3O2/c1-5-7-8-9-10-11-13(17-6-2)15-16(21-4)19-14(20-3)12-18-15/h12-13,17H,5-11H2,1-4H3. The maximum absolute atomic E-state index is 5.37. The lowest BCUT2D eigenvalue weighted by Crippen LogP contribution is -2.23. The van der Waals surface area contributed by atoms with Crippen molar-refractivity contribution >= 4 is 0 Å². The highest BCUT2D eigenvalue weighted by Crippen LogP contribution is 2.27. The molecule has 1 aromatic rings. The van der Waals surface area contributed by atoms with Gasteiger partial charge in [-0.1, -0.05) is 46.0 Å². The third-order valence-electron chi connectivity index (χ3n) is 3.52. The molecular weight excluding hydrogens is 266 g/mol. The SMILES string of the molecule is CCCCCCCC(NCC)c1ncc(OC)nc1OC. The van der Waals surface area contributed by atoms with Gasteiger partial charge in [0, 0.05) is 0 Å². The van der Waals surface area contributed by atoms with Crippen molar-refractivity contribution < 1.29 is 9.47 Å². The highest BCUT2D eigenvalue weighted by Gasteiger charge is 2.18. The molecule has 0 aliphatic heterocycles. The van der Waals surface area contributed by atoms with E-state index in [1.54, 1.807) is 20.4 Å². The van der Waals surface area contributed by atoms with E-state index in [1.165, 1.54) is 32.1 Å². The van der Waals surface area contributed by atoms with Crippen LogP contribution in [0, 0.1) is 0 Å². The Hall–Kier alpha value is -1.36.